The van der Waals surface area contributed by atoms with Gasteiger partial charge >= 0.3 is 147 Å². The number of hydrogen-bond acceptors (Lipinski definition) is 7. The summed E-state index contributed by atoms with van der Waals surface area (Å²) in [5, 5.41) is -0.0447. The zero-order chi connectivity index (χ0) is 19.0. The van der Waals surface area contributed by atoms with Crippen LogP contribution in [-0.2, 0) is 30.9 Å². The van der Waals surface area contributed by atoms with Gasteiger partial charge in [-0.3, -0.25) is 0 Å². The van der Waals surface area contributed by atoms with Crippen LogP contribution in [0.2, 0.25) is 5.21 Å². The van der Waals surface area contributed by atoms with Crippen molar-refractivity contribution >= 4 is 33.8 Å². The Morgan fingerprint density at radius 3 is 1.67 bits per heavy atom. The summed E-state index contributed by atoms with van der Waals surface area (Å²) in [7, 11) is -7.06. The molecule has 0 bridgehead atoms. The second-order valence-corrected chi connectivity index (χ2v) is 14.9. The molecule has 1 heterocycles. The Morgan fingerprint density at radius 1 is 1.04 bits per heavy atom. The van der Waals surface area contributed by atoms with E-state index in [1.165, 1.54) is 19.9 Å². The van der Waals surface area contributed by atoms with Gasteiger partial charge in [0, 0.05) is 0 Å². The molecule has 0 aromatic rings. The molecule has 140 valence electrons. The fourth-order valence-electron chi connectivity index (χ4n) is 2.75. The van der Waals surface area contributed by atoms with E-state index < -0.39 is 56.6 Å². The molecule has 0 aliphatic carbocycles. The van der Waals surface area contributed by atoms with Crippen molar-refractivity contribution in [1.82, 2.24) is 0 Å². The molecule has 2 unspecified atom stereocenters. The summed E-state index contributed by atoms with van der Waals surface area (Å²) >= 11 is -4.48. The maximum atomic E-state index is 13.1. The van der Waals surface area contributed by atoms with E-state index in [0.29, 0.717) is 5.57 Å². The molecule has 2 atom stereocenters. The first-order valence-electron chi connectivity index (χ1n) is 7.21. The van der Waals surface area contributed by atoms with E-state index in [2.05, 4.69) is 6.58 Å². The predicted octanol–water partition coefficient (Wildman–Crippen LogP) is 1.14. The van der Waals surface area contributed by atoms with Crippen molar-refractivity contribution in [1.29, 1.82) is 0 Å². The van der Waals surface area contributed by atoms with Crippen LogP contribution in [0.4, 0.5) is 0 Å². The van der Waals surface area contributed by atoms with Crippen LogP contribution in [-0.4, -0.2) is 66.2 Å². The molecule has 0 aromatic heterocycles. The molecular formula is C14H25AsO7S2. The SMILES string of the molecule is C=C/C(=C\C)C[As]1(=O)OC(C)(CS(C)(=O)=O)C(C)(CS(C)(=O)=O)O1. The van der Waals surface area contributed by atoms with E-state index >= 15 is 0 Å². The van der Waals surface area contributed by atoms with Gasteiger partial charge < -0.3 is 0 Å². The van der Waals surface area contributed by atoms with Crippen molar-refractivity contribution < 1.29 is 28.0 Å². The Balaban J connectivity index is 3.38. The molecule has 1 saturated heterocycles. The summed E-state index contributed by atoms with van der Waals surface area (Å²) < 4.78 is 71.6. The van der Waals surface area contributed by atoms with Crippen LogP contribution in [0.1, 0.15) is 20.8 Å². The van der Waals surface area contributed by atoms with E-state index in [9.17, 15) is 20.6 Å². The zero-order valence-electron chi connectivity index (χ0n) is 14.6. The standard InChI is InChI=1S/C14H25AsO7S2/c1-7-12(8-2)9-15(16)21-13(3,10-23(5,17)18)14(4,22-15)11-24(6,19)20/h7-8H,1,9-11H2,2-6H3/b12-8+. The van der Waals surface area contributed by atoms with Gasteiger partial charge in [-0.25, -0.2) is 0 Å². The topological polar surface area (TPSA) is 104 Å². The number of hydrogen-bond donors (Lipinski definition) is 0. The second kappa shape index (κ2) is 6.76. The molecule has 1 aliphatic heterocycles. The molecule has 7 nitrogen and oxygen atoms in total. The third kappa shape index (κ3) is 5.33. The summed E-state index contributed by atoms with van der Waals surface area (Å²) in [6.45, 7) is 8.22. The van der Waals surface area contributed by atoms with Gasteiger partial charge in [0.25, 0.3) is 0 Å². The van der Waals surface area contributed by atoms with Gasteiger partial charge in [0.05, 0.1) is 0 Å². The minimum absolute atomic E-state index is 0.0447. The van der Waals surface area contributed by atoms with Crippen LogP contribution in [0.25, 0.3) is 0 Å². The van der Waals surface area contributed by atoms with E-state index in [1.54, 1.807) is 13.0 Å². The van der Waals surface area contributed by atoms with Gasteiger partial charge in [0.15, 0.2) is 0 Å². The summed E-state index contributed by atoms with van der Waals surface area (Å²) in [5.41, 5.74) is -2.43. The van der Waals surface area contributed by atoms with Gasteiger partial charge in [-0.15, -0.1) is 0 Å². The second-order valence-electron chi connectivity index (χ2n) is 6.62. The fraction of sp³-hybridized carbons (Fsp3) is 0.714. The molecule has 0 aromatic carbocycles. The number of rotatable bonds is 7. The zero-order valence-corrected chi connectivity index (χ0v) is 18.1. The van der Waals surface area contributed by atoms with E-state index in [0.717, 1.165) is 12.5 Å². The summed E-state index contributed by atoms with van der Waals surface area (Å²) in [6.07, 6.45) is 5.23. The van der Waals surface area contributed by atoms with E-state index in [-0.39, 0.29) is 5.21 Å². The van der Waals surface area contributed by atoms with Crippen molar-refractivity contribution in [3.8, 4) is 0 Å². The molecule has 1 fully saturated rings. The molecular weight excluding hydrogens is 419 g/mol. The van der Waals surface area contributed by atoms with Crippen molar-refractivity contribution in [2.24, 2.45) is 0 Å². The van der Waals surface area contributed by atoms with Gasteiger partial charge in [0.1, 0.15) is 0 Å². The predicted molar refractivity (Wildman–Crippen MR) is 93.6 cm³/mol. The van der Waals surface area contributed by atoms with E-state index in [1.807, 2.05) is 0 Å². The third-order valence-electron chi connectivity index (χ3n) is 3.88. The van der Waals surface area contributed by atoms with Gasteiger partial charge in [0.2, 0.25) is 0 Å². The maximum absolute atomic E-state index is 13.1. The average molecular weight is 444 g/mol. The molecule has 1 rings (SSSR count). The number of allylic oxidation sites excluding steroid dienone is 3. The fourth-order valence-corrected chi connectivity index (χ4v) is 11.5. The van der Waals surface area contributed by atoms with E-state index in [4.69, 9.17) is 7.45 Å². The Hall–Kier alpha value is -0.342. The van der Waals surface area contributed by atoms with Crippen LogP contribution in [0.5, 0.6) is 0 Å². The first kappa shape index (κ1) is 21.7. The molecule has 0 radical (unpaired) electrons. The van der Waals surface area contributed by atoms with Crippen LogP contribution in [0, 0.1) is 0 Å². The van der Waals surface area contributed by atoms with Crippen molar-refractivity contribution in [2.45, 2.75) is 37.2 Å². The van der Waals surface area contributed by atoms with Crippen molar-refractivity contribution in [3.05, 3.63) is 24.3 Å². The molecule has 0 amide bonds. The van der Waals surface area contributed by atoms with Crippen LogP contribution < -0.4 is 0 Å². The average Bonchev–Trinajstić information content (AvgIpc) is 2.47. The van der Waals surface area contributed by atoms with Gasteiger partial charge in [-0.05, 0) is 0 Å². The van der Waals surface area contributed by atoms with Crippen molar-refractivity contribution in [3.63, 3.8) is 0 Å². The first-order valence-corrected chi connectivity index (χ1v) is 15.0. The number of sulfone groups is 2. The first-order chi connectivity index (χ1) is 10.6. The Morgan fingerprint density at radius 2 is 1.42 bits per heavy atom. The molecule has 24 heavy (non-hydrogen) atoms. The molecule has 0 spiro atoms. The van der Waals surface area contributed by atoms with Crippen molar-refractivity contribution in [2.75, 3.05) is 24.0 Å². The van der Waals surface area contributed by atoms with Crippen LogP contribution in [0.15, 0.2) is 24.3 Å². The Kier molecular flexibility index (Phi) is 6.11. The monoisotopic (exact) mass is 444 g/mol. The minimum atomic E-state index is -4.48. The quantitative estimate of drug-likeness (QED) is 0.429. The molecule has 1 aliphatic rings. The Labute approximate surface area is 147 Å². The summed E-state index contributed by atoms with van der Waals surface area (Å²) in [6, 6.07) is 0. The normalized spacial score (nSPS) is 35.1. The molecule has 0 N–H and O–H groups in total. The van der Waals surface area contributed by atoms with Gasteiger partial charge in [-0.2, -0.15) is 0 Å². The Bertz CT molecular complexity index is 745. The third-order valence-corrected chi connectivity index (χ3v) is 10.5. The summed E-state index contributed by atoms with van der Waals surface area (Å²) in [5.74, 6) is -0.979. The molecule has 0 saturated carbocycles. The van der Waals surface area contributed by atoms with Gasteiger partial charge in [-0.1, -0.05) is 0 Å². The van der Waals surface area contributed by atoms with Crippen LogP contribution in [0.3, 0.4) is 0 Å². The molecule has 10 heteroatoms. The summed E-state index contributed by atoms with van der Waals surface area (Å²) in [4.78, 5) is 0. The van der Waals surface area contributed by atoms with Crippen LogP contribution >= 0.6 is 0 Å².